The Morgan fingerprint density at radius 3 is 2.55 bits per heavy atom. The van der Waals surface area contributed by atoms with Crippen molar-refractivity contribution in [1.82, 2.24) is 0 Å². The third-order valence-electron chi connectivity index (χ3n) is 4.61. The van der Waals surface area contributed by atoms with Gasteiger partial charge < -0.3 is 10.1 Å². The maximum atomic E-state index is 12.3. The largest absolute Gasteiger partial charge is 0.465 e. The van der Waals surface area contributed by atoms with Gasteiger partial charge in [0.05, 0.1) is 12.7 Å². The highest BCUT2D eigenvalue weighted by Gasteiger charge is 2.48. The van der Waals surface area contributed by atoms with Crippen molar-refractivity contribution in [2.45, 2.75) is 26.2 Å². The summed E-state index contributed by atoms with van der Waals surface area (Å²) < 4.78 is 4.75. The molecule has 2 aliphatic carbocycles. The number of anilines is 1. The number of fused-ring (bicyclic) bond motifs is 1. The maximum Gasteiger partial charge on any atom is 0.338 e. The van der Waals surface area contributed by atoms with Crippen LogP contribution in [0.3, 0.4) is 0 Å². The summed E-state index contributed by atoms with van der Waals surface area (Å²) in [6.45, 7) is 1.83. The monoisotopic (exact) mass is 273 g/mol. The van der Waals surface area contributed by atoms with Gasteiger partial charge in [-0.25, -0.2) is 4.79 Å². The first kappa shape index (κ1) is 13.2. The predicted molar refractivity (Wildman–Crippen MR) is 75.5 cm³/mol. The number of ether oxygens (including phenoxy) is 1. The molecule has 0 aliphatic heterocycles. The quantitative estimate of drug-likeness (QED) is 0.862. The molecule has 1 amide bonds. The number of carbonyl (C=O) groups excluding carboxylic acids is 2. The summed E-state index contributed by atoms with van der Waals surface area (Å²) in [7, 11) is 1.36. The number of esters is 1. The molecule has 4 heteroatoms. The van der Waals surface area contributed by atoms with Crippen molar-refractivity contribution >= 4 is 17.6 Å². The van der Waals surface area contributed by atoms with Crippen molar-refractivity contribution in [3.05, 3.63) is 29.3 Å². The summed E-state index contributed by atoms with van der Waals surface area (Å²) in [5, 5.41) is 2.97. The van der Waals surface area contributed by atoms with Crippen LogP contribution in [0.15, 0.2) is 18.2 Å². The number of benzene rings is 1. The number of hydrogen-bond donors (Lipinski definition) is 1. The number of nitrogens with one attached hydrogen (secondary N) is 1. The highest BCUT2D eigenvalue weighted by Crippen LogP contribution is 2.54. The molecular weight excluding hydrogens is 254 g/mol. The lowest BCUT2D eigenvalue weighted by molar-refractivity contribution is -0.120. The van der Waals surface area contributed by atoms with Crippen LogP contribution in [0.4, 0.5) is 5.69 Å². The average Bonchev–Trinajstić information content (AvgIpc) is 3.06. The second-order valence-electron chi connectivity index (χ2n) is 5.88. The summed E-state index contributed by atoms with van der Waals surface area (Å²) in [4.78, 5) is 23.9. The molecule has 1 aromatic carbocycles. The van der Waals surface area contributed by atoms with E-state index in [4.69, 9.17) is 4.74 Å². The standard InChI is InChI=1S/C16H19NO3/c1-9-13(16(19)20-2)4-3-5-14(9)17-15(18)12-7-10-6-11(10)8-12/h3-5,10-12H,6-8H2,1-2H3,(H,17,18). The first-order chi connectivity index (χ1) is 9.60. The van der Waals surface area contributed by atoms with E-state index in [1.807, 2.05) is 13.0 Å². The molecule has 0 aromatic heterocycles. The molecule has 20 heavy (non-hydrogen) atoms. The second-order valence-corrected chi connectivity index (χ2v) is 5.88. The van der Waals surface area contributed by atoms with Crippen molar-refractivity contribution in [2.24, 2.45) is 17.8 Å². The van der Waals surface area contributed by atoms with E-state index in [0.717, 1.165) is 30.2 Å². The zero-order chi connectivity index (χ0) is 14.3. The number of hydrogen-bond acceptors (Lipinski definition) is 3. The molecule has 2 aliphatic rings. The third-order valence-corrected chi connectivity index (χ3v) is 4.61. The normalized spacial score (nSPS) is 26.8. The minimum absolute atomic E-state index is 0.0855. The molecule has 106 valence electrons. The number of methoxy groups -OCH3 is 1. The third kappa shape index (κ3) is 2.30. The van der Waals surface area contributed by atoms with Crippen LogP contribution in [-0.2, 0) is 9.53 Å². The fourth-order valence-corrected chi connectivity index (χ4v) is 3.27. The van der Waals surface area contributed by atoms with Crippen molar-refractivity contribution in [3.63, 3.8) is 0 Å². The Bertz CT molecular complexity index is 557. The van der Waals surface area contributed by atoms with E-state index in [2.05, 4.69) is 5.32 Å². The van der Waals surface area contributed by atoms with Crippen LogP contribution in [0.5, 0.6) is 0 Å². The van der Waals surface area contributed by atoms with Crippen LogP contribution in [0.1, 0.15) is 35.2 Å². The Labute approximate surface area is 118 Å². The molecule has 0 radical (unpaired) electrons. The summed E-state index contributed by atoms with van der Waals surface area (Å²) in [5.41, 5.74) is 1.97. The molecule has 1 N–H and O–H groups in total. The van der Waals surface area contributed by atoms with Crippen molar-refractivity contribution in [3.8, 4) is 0 Å². The van der Waals surface area contributed by atoms with Gasteiger partial charge in [0, 0.05) is 11.6 Å². The van der Waals surface area contributed by atoms with Crippen LogP contribution in [0.25, 0.3) is 0 Å². The van der Waals surface area contributed by atoms with Gasteiger partial charge in [0.25, 0.3) is 0 Å². The number of rotatable bonds is 3. The molecule has 4 nitrogen and oxygen atoms in total. The van der Waals surface area contributed by atoms with E-state index in [1.165, 1.54) is 13.5 Å². The summed E-state index contributed by atoms with van der Waals surface area (Å²) in [6.07, 6.45) is 3.35. The highest BCUT2D eigenvalue weighted by molar-refractivity contribution is 5.97. The van der Waals surface area contributed by atoms with Gasteiger partial charge in [0.15, 0.2) is 0 Å². The molecular formula is C16H19NO3. The number of carbonyl (C=O) groups is 2. The molecule has 2 unspecified atom stereocenters. The Balaban J connectivity index is 1.73. The molecule has 1 aromatic rings. The van der Waals surface area contributed by atoms with E-state index in [0.29, 0.717) is 11.3 Å². The van der Waals surface area contributed by atoms with Crippen LogP contribution in [0, 0.1) is 24.7 Å². The van der Waals surface area contributed by atoms with Gasteiger partial charge in [-0.2, -0.15) is 0 Å². The Kier molecular flexibility index (Phi) is 3.24. The Hall–Kier alpha value is -1.84. The van der Waals surface area contributed by atoms with E-state index < -0.39 is 0 Å². The Morgan fingerprint density at radius 1 is 1.20 bits per heavy atom. The van der Waals surface area contributed by atoms with Crippen LogP contribution >= 0.6 is 0 Å². The highest BCUT2D eigenvalue weighted by atomic mass is 16.5. The molecule has 0 saturated heterocycles. The topological polar surface area (TPSA) is 55.4 Å². The van der Waals surface area contributed by atoms with Gasteiger partial charge in [-0.05, 0) is 55.7 Å². The molecule has 0 spiro atoms. The van der Waals surface area contributed by atoms with Gasteiger partial charge in [-0.15, -0.1) is 0 Å². The first-order valence-electron chi connectivity index (χ1n) is 7.09. The molecule has 0 heterocycles. The lowest BCUT2D eigenvalue weighted by Crippen LogP contribution is -2.22. The minimum atomic E-state index is -0.374. The molecule has 2 atom stereocenters. The molecule has 3 rings (SSSR count). The van der Waals surface area contributed by atoms with Crippen molar-refractivity contribution in [2.75, 3.05) is 12.4 Å². The predicted octanol–water partition coefficient (Wildman–Crippen LogP) is 2.77. The van der Waals surface area contributed by atoms with Crippen LogP contribution in [0.2, 0.25) is 0 Å². The van der Waals surface area contributed by atoms with Gasteiger partial charge in [0.2, 0.25) is 5.91 Å². The molecule has 2 fully saturated rings. The lowest BCUT2D eigenvalue weighted by Gasteiger charge is -2.15. The van der Waals surface area contributed by atoms with Crippen LogP contribution < -0.4 is 5.32 Å². The zero-order valence-electron chi connectivity index (χ0n) is 11.8. The van der Waals surface area contributed by atoms with Gasteiger partial charge in [-0.3, -0.25) is 4.79 Å². The van der Waals surface area contributed by atoms with E-state index in [9.17, 15) is 9.59 Å². The maximum absolute atomic E-state index is 12.3. The average molecular weight is 273 g/mol. The van der Waals surface area contributed by atoms with Crippen molar-refractivity contribution < 1.29 is 14.3 Å². The lowest BCUT2D eigenvalue weighted by atomic mass is 10.0. The van der Waals surface area contributed by atoms with Gasteiger partial charge in [0.1, 0.15) is 0 Å². The first-order valence-corrected chi connectivity index (χ1v) is 7.09. The zero-order valence-corrected chi connectivity index (χ0v) is 11.8. The van der Waals surface area contributed by atoms with E-state index in [-0.39, 0.29) is 17.8 Å². The summed E-state index contributed by atoms with van der Waals surface area (Å²) in [6, 6.07) is 5.30. The molecule has 0 bridgehead atoms. The van der Waals surface area contributed by atoms with Gasteiger partial charge >= 0.3 is 5.97 Å². The SMILES string of the molecule is COC(=O)c1cccc(NC(=O)C2CC3CC3C2)c1C. The van der Waals surface area contributed by atoms with Crippen molar-refractivity contribution in [1.29, 1.82) is 0 Å². The minimum Gasteiger partial charge on any atom is -0.465 e. The summed E-state index contributed by atoms with van der Waals surface area (Å²) in [5.74, 6) is 1.42. The van der Waals surface area contributed by atoms with Gasteiger partial charge in [-0.1, -0.05) is 6.07 Å². The van der Waals surface area contributed by atoms with E-state index in [1.54, 1.807) is 12.1 Å². The molecule has 2 saturated carbocycles. The smallest absolute Gasteiger partial charge is 0.338 e. The number of amides is 1. The second kappa shape index (κ2) is 4.93. The Morgan fingerprint density at radius 2 is 1.90 bits per heavy atom. The fraction of sp³-hybridized carbons (Fsp3) is 0.500. The van der Waals surface area contributed by atoms with E-state index >= 15 is 0 Å². The fourth-order valence-electron chi connectivity index (χ4n) is 3.27. The van der Waals surface area contributed by atoms with Crippen LogP contribution in [-0.4, -0.2) is 19.0 Å². The summed E-state index contributed by atoms with van der Waals surface area (Å²) >= 11 is 0.